The Morgan fingerprint density at radius 1 is 1.29 bits per heavy atom. The maximum absolute atomic E-state index is 13.2. The van der Waals surface area contributed by atoms with Gasteiger partial charge in [0.1, 0.15) is 11.7 Å². The molecule has 0 radical (unpaired) electrons. The van der Waals surface area contributed by atoms with Crippen LogP contribution in [0, 0.1) is 5.41 Å². The van der Waals surface area contributed by atoms with Crippen LogP contribution in [0.2, 0.25) is 0 Å². The number of benzene rings is 1. The van der Waals surface area contributed by atoms with E-state index >= 15 is 0 Å². The number of methoxy groups -OCH3 is 1. The van der Waals surface area contributed by atoms with E-state index in [-0.39, 0.29) is 29.9 Å². The minimum absolute atomic E-state index is 0.0586. The van der Waals surface area contributed by atoms with Gasteiger partial charge in [-0.15, -0.1) is 11.3 Å². The van der Waals surface area contributed by atoms with Crippen LogP contribution in [-0.4, -0.2) is 48.2 Å². The normalized spacial score (nSPS) is 26.4. The number of aromatic nitrogens is 1. The van der Waals surface area contributed by atoms with Crippen LogP contribution in [0.3, 0.4) is 0 Å². The highest BCUT2D eigenvalue weighted by Gasteiger charge is 2.39. The van der Waals surface area contributed by atoms with Gasteiger partial charge in [-0.05, 0) is 54.7 Å². The molecule has 1 aliphatic carbocycles. The number of amides is 1. The Labute approximate surface area is 186 Å². The summed E-state index contributed by atoms with van der Waals surface area (Å²) in [5.41, 5.74) is 9.30. The van der Waals surface area contributed by atoms with Crippen molar-refractivity contribution in [2.24, 2.45) is 16.1 Å². The molecule has 2 heterocycles. The van der Waals surface area contributed by atoms with Crippen LogP contribution in [0.4, 0.5) is 4.39 Å². The van der Waals surface area contributed by atoms with Crippen molar-refractivity contribution in [3.8, 4) is 10.6 Å². The number of hydrogen-bond donors (Lipinski definition) is 1. The van der Waals surface area contributed by atoms with Crippen LogP contribution in [0.15, 0.2) is 34.8 Å². The molecule has 0 atom stereocenters. The molecule has 1 amide bonds. The first-order valence-electron chi connectivity index (χ1n) is 10.7. The van der Waals surface area contributed by atoms with Gasteiger partial charge in [0.05, 0.1) is 19.2 Å². The molecular weight excluding hydrogens is 415 g/mol. The third kappa shape index (κ3) is 4.80. The molecule has 1 spiro atoms. The molecule has 0 bridgehead atoms. The van der Waals surface area contributed by atoms with Gasteiger partial charge < -0.3 is 10.5 Å². The smallest absolute Gasteiger partial charge is 0.229 e. The molecule has 31 heavy (non-hydrogen) atoms. The molecule has 2 aliphatic rings. The van der Waals surface area contributed by atoms with Crippen molar-refractivity contribution in [3.63, 3.8) is 0 Å². The monoisotopic (exact) mass is 444 g/mol. The molecule has 2 N–H and O–H groups in total. The summed E-state index contributed by atoms with van der Waals surface area (Å²) in [5, 5.41) is 2.92. The van der Waals surface area contributed by atoms with Crippen LogP contribution in [0.25, 0.3) is 10.6 Å². The van der Waals surface area contributed by atoms with Crippen molar-refractivity contribution in [2.75, 3.05) is 20.3 Å². The molecule has 8 heteroatoms. The SMILES string of the molecule is CO[C@H]1CC[C@@]2(CC1)CC(=O)N(CCF)/C(N)=N\Cc1cc(-c3nccs3)ccc1C2. The van der Waals surface area contributed by atoms with E-state index in [1.807, 2.05) is 5.38 Å². The lowest BCUT2D eigenvalue weighted by atomic mass is 9.67. The molecule has 0 saturated heterocycles. The summed E-state index contributed by atoms with van der Waals surface area (Å²) in [5.74, 6) is -0.0477. The summed E-state index contributed by atoms with van der Waals surface area (Å²) in [6.07, 6.45) is 6.79. The van der Waals surface area contributed by atoms with E-state index in [0.29, 0.717) is 13.0 Å². The number of nitrogens with two attached hydrogens (primary N) is 1. The van der Waals surface area contributed by atoms with Crippen molar-refractivity contribution in [1.82, 2.24) is 9.88 Å². The van der Waals surface area contributed by atoms with E-state index < -0.39 is 6.67 Å². The standard InChI is InChI=1S/C23H29FN4O2S/c1-30-19-4-6-23(7-5-19)13-17-3-2-16(21-26-9-11-31-21)12-18(17)15-27-22(25)28(10-8-24)20(29)14-23/h2-3,9,11-12,19H,4-8,10,13-15H2,1H3,(H2,25,27)/t19-,23-. The van der Waals surface area contributed by atoms with Crippen LogP contribution >= 0.6 is 11.3 Å². The van der Waals surface area contributed by atoms with Gasteiger partial charge in [-0.3, -0.25) is 9.69 Å². The lowest BCUT2D eigenvalue weighted by Gasteiger charge is -2.41. The topological polar surface area (TPSA) is 80.8 Å². The molecule has 166 valence electrons. The van der Waals surface area contributed by atoms with E-state index in [1.54, 1.807) is 24.6 Å². The van der Waals surface area contributed by atoms with Crippen molar-refractivity contribution in [3.05, 3.63) is 40.9 Å². The van der Waals surface area contributed by atoms with Gasteiger partial charge >= 0.3 is 0 Å². The van der Waals surface area contributed by atoms with Crippen molar-refractivity contribution < 1.29 is 13.9 Å². The van der Waals surface area contributed by atoms with Crippen LogP contribution in [0.5, 0.6) is 0 Å². The Kier molecular flexibility index (Phi) is 6.67. The number of nitrogens with zero attached hydrogens (tertiary/aromatic N) is 3. The highest BCUT2D eigenvalue weighted by atomic mass is 32.1. The van der Waals surface area contributed by atoms with E-state index in [4.69, 9.17) is 10.5 Å². The molecule has 1 fully saturated rings. The van der Waals surface area contributed by atoms with E-state index in [0.717, 1.165) is 48.2 Å². The number of hydrogen-bond acceptors (Lipinski definition) is 6. The average molecular weight is 445 g/mol. The molecule has 2 aromatic rings. The Morgan fingerprint density at radius 3 is 2.77 bits per heavy atom. The third-order valence-electron chi connectivity index (χ3n) is 6.60. The van der Waals surface area contributed by atoms with Crippen molar-refractivity contribution in [1.29, 1.82) is 0 Å². The second kappa shape index (κ2) is 9.44. The van der Waals surface area contributed by atoms with Gasteiger partial charge in [0.15, 0.2) is 5.96 Å². The largest absolute Gasteiger partial charge is 0.381 e. The Balaban J connectivity index is 1.73. The fourth-order valence-corrected chi connectivity index (χ4v) is 5.46. The van der Waals surface area contributed by atoms with E-state index in [9.17, 15) is 9.18 Å². The van der Waals surface area contributed by atoms with Gasteiger partial charge in [-0.1, -0.05) is 12.1 Å². The van der Waals surface area contributed by atoms with Gasteiger partial charge in [0.2, 0.25) is 5.91 Å². The first-order valence-corrected chi connectivity index (χ1v) is 11.6. The second-order valence-electron chi connectivity index (χ2n) is 8.52. The van der Waals surface area contributed by atoms with Crippen LogP contribution < -0.4 is 5.73 Å². The molecule has 6 nitrogen and oxygen atoms in total. The average Bonchev–Trinajstić information content (AvgIpc) is 3.31. The van der Waals surface area contributed by atoms with E-state index in [2.05, 4.69) is 28.2 Å². The minimum atomic E-state index is -0.647. The first kappa shape index (κ1) is 21.9. The summed E-state index contributed by atoms with van der Waals surface area (Å²) in [4.78, 5) is 23.3. The third-order valence-corrected chi connectivity index (χ3v) is 7.42. The summed E-state index contributed by atoms with van der Waals surface area (Å²) < 4.78 is 18.8. The lowest BCUT2D eigenvalue weighted by molar-refractivity contribution is -0.131. The van der Waals surface area contributed by atoms with Gasteiger partial charge in [0.25, 0.3) is 0 Å². The maximum Gasteiger partial charge on any atom is 0.229 e. The second-order valence-corrected chi connectivity index (χ2v) is 9.41. The van der Waals surface area contributed by atoms with Crippen molar-refractivity contribution >= 4 is 23.2 Å². The predicted molar refractivity (Wildman–Crippen MR) is 121 cm³/mol. The van der Waals surface area contributed by atoms with Crippen LogP contribution in [-0.2, 0) is 22.5 Å². The number of carbonyl (C=O) groups is 1. The number of aliphatic imine (C=N–C) groups is 1. The number of thiazole rings is 1. The summed E-state index contributed by atoms with van der Waals surface area (Å²) >= 11 is 1.60. The zero-order valence-corrected chi connectivity index (χ0v) is 18.7. The van der Waals surface area contributed by atoms with Gasteiger partial charge in [-0.2, -0.15) is 0 Å². The summed E-state index contributed by atoms with van der Waals surface area (Å²) in [6.45, 7) is -0.352. The quantitative estimate of drug-likeness (QED) is 0.774. The minimum Gasteiger partial charge on any atom is -0.381 e. The fraction of sp³-hybridized carbons (Fsp3) is 0.522. The number of halogens is 1. The number of carbonyl (C=O) groups excluding carboxylic acids is 1. The number of alkyl halides is 1. The Bertz CT molecular complexity index is 939. The molecule has 0 unspecified atom stereocenters. The zero-order chi connectivity index (χ0) is 21.8. The lowest BCUT2D eigenvalue weighted by Crippen LogP contribution is -2.46. The fourth-order valence-electron chi connectivity index (χ4n) is 4.82. The molecule has 4 rings (SSSR count). The number of fused-ring (bicyclic) bond motifs is 1. The number of rotatable bonds is 4. The maximum atomic E-state index is 13.2. The highest BCUT2D eigenvalue weighted by molar-refractivity contribution is 7.13. The number of guanidine groups is 1. The number of ether oxygens (including phenoxy) is 1. The van der Waals surface area contributed by atoms with Crippen molar-refractivity contribution in [2.45, 2.75) is 51.2 Å². The van der Waals surface area contributed by atoms with Gasteiger partial charge in [0, 0.05) is 30.7 Å². The van der Waals surface area contributed by atoms with Crippen LogP contribution in [0.1, 0.15) is 43.2 Å². The summed E-state index contributed by atoms with van der Waals surface area (Å²) in [7, 11) is 1.75. The Morgan fingerprint density at radius 2 is 2.10 bits per heavy atom. The van der Waals surface area contributed by atoms with E-state index in [1.165, 1.54) is 10.5 Å². The summed E-state index contributed by atoms with van der Waals surface area (Å²) in [6, 6.07) is 6.37. The molecule has 1 aromatic heterocycles. The molecule has 1 saturated carbocycles. The first-order chi connectivity index (χ1) is 15.0. The molecule has 1 aliphatic heterocycles. The zero-order valence-electron chi connectivity index (χ0n) is 17.8. The Hall–Kier alpha value is -2.32. The molecular formula is C23H29FN4O2S. The highest BCUT2D eigenvalue weighted by Crippen LogP contribution is 2.44. The molecule has 1 aromatic carbocycles. The predicted octanol–water partition coefficient (Wildman–Crippen LogP) is 3.94. The van der Waals surface area contributed by atoms with Gasteiger partial charge in [-0.25, -0.2) is 14.4 Å².